The van der Waals surface area contributed by atoms with Crippen molar-refractivity contribution >= 4 is 14.6 Å². The number of hydrogen-bond acceptors (Lipinski definition) is 5. The maximum Gasteiger partial charge on any atom is 0.530 e. The predicted octanol–water partition coefficient (Wildman–Crippen LogP) is 16.4. The maximum atomic E-state index is 14.2. The number of aryl methyl sites for hydroxylation is 1. The van der Waals surface area contributed by atoms with E-state index in [-0.39, 0.29) is 49.8 Å². The first-order valence-electron chi connectivity index (χ1n) is 23.2. The Morgan fingerprint density at radius 1 is 0.460 bits per heavy atom. The zero-order valence-electron chi connectivity index (χ0n) is 43.3. The van der Waals surface area contributed by atoms with Gasteiger partial charge in [0, 0.05) is 44.9 Å². The molecule has 2 heterocycles. The van der Waals surface area contributed by atoms with Crippen molar-refractivity contribution in [1.29, 1.82) is 0 Å². The van der Waals surface area contributed by atoms with Crippen LogP contribution >= 0.6 is 8.60 Å². The van der Waals surface area contributed by atoms with E-state index in [0.717, 1.165) is 61.6 Å². The molecule has 0 N–H and O–H groups in total. The van der Waals surface area contributed by atoms with Crippen LogP contribution < -0.4 is 18.3 Å². The highest BCUT2D eigenvalue weighted by molar-refractivity contribution is 7.43. The summed E-state index contributed by atoms with van der Waals surface area (Å²) in [5.74, 6) is 2.22. The van der Waals surface area contributed by atoms with Crippen molar-refractivity contribution in [2.24, 2.45) is 0 Å². The zero-order chi connectivity index (χ0) is 47.5. The molecule has 0 bridgehead atoms. The molecule has 0 saturated carbocycles. The first-order valence-corrected chi connectivity index (χ1v) is 24.3. The normalized spacial score (nSPS) is 18.7. The first kappa shape index (κ1) is 48.6. The Hall–Kier alpha value is -3.82. The number of benzene rings is 4. The van der Waals surface area contributed by atoms with Gasteiger partial charge in [-0.05, 0) is 72.6 Å². The molecule has 2 aliphatic heterocycles. The van der Waals surface area contributed by atoms with Crippen LogP contribution in [-0.2, 0) is 42.7 Å². The SMILES string of the molecule is Cc1cc(C2C(=O)Oc3c2cc(C(C)(C)C)cc3C(C)(C)C)cc(C(C)(C)C)c1OP1Oc2c(cc(C(C)(C)C)cc2C(C)(C)C)C(C)c2cc(C(C)(C)C)cc(C(C)(C)C)c2O1. The minimum atomic E-state index is -2.06. The molecular weight excluding hydrogens is 796 g/mol. The number of carbonyl (C=O) groups is 1. The van der Waals surface area contributed by atoms with E-state index in [1.807, 2.05) is 0 Å². The third-order valence-corrected chi connectivity index (χ3v) is 14.0. The molecule has 342 valence electrons. The fraction of sp³-hybridized carbons (Fsp3) is 0.561. The molecule has 0 aliphatic carbocycles. The second-order valence-electron chi connectivity index (χ2n) is 25.9. The number of ether oxygens (including phenoxy) is 1. The van der Waals surface area contributed by atoms with Crippen molar-refractivity contribution in [3.63, 3.8) is 0 Å². The van der Waals surface area contributed by atoms with Gasteiger partial charge in [0.25, 0.3) is 0 Å². The zero-order valence-corrected chi connectivity index (χ0v) is 44.2. The summed E-state index contributed by atoms with van der Waals surface area (Å²) in [6, 6.07) is 18.1. The van der Waals surface area contributed by atoms with Crippen molar-refractivity contribution < 1.29 is 23.1 Å². The van der Waals surface area contributed by atoms with Gasteiger partial charge >= 0.3 is 14.6 Å². The monoisotopic (exact) mass is 875 g/mol. The minimum Gasteiger partial charge on any atom is -0.425 e. The van der Waals surface area contributed by atoms with Crippen LogP contribution in [0.5, 0.6) is 23.0 Å². The maximum absolute atomic E-state index is 14.2. The van der Waals surface area contributed by atoms with Crippen LogP contribution in [-0.4, -0.2) is 5.97 Å². The van der Waals surface area contributed by atoms with Gasteiger partial charge in [-0.25, -0.2) is 0 Å². The van der Waals surface area contributed by atoms with Crippen LogP contribution in [0, 0.1) is 6.92 Å². The summed E-state index contributed by atoms with van der Waals surface area (Å²) in [4.78, 5) is 14.2. The molecular formula is C57H79O5P. The predicted molar refractivity (Wildman–Crippen MR) is 265 cm³/mol. The van der Waals surface area contributed by atoms with Gasteiger partial charge in [-0.3, -0.25) is 4.79 Å². The molecule has 6 rings (SSSR count). The number of carbonyl (C=O) groups excluding carboxylic acids is 1. The quantitative estimate of drug-likeness (QED) is 0.117. The van der Waals surface area contributed by atoms with E-state index in [9.17, 15) is 4.79 Å². The molecule has 2 aliphatic rings. The Morgan fingerprint density at radius 2 is 0.825 bits per heavy atom. The van der Waals surface area contributed by atoms with Gasteiger partial charge in [-0.15, -0.1) is 0 Å². The van der Waals surface area contributed by atoms with Crippen LogP contribution in [0.15, 0.2) is 48.5 Å². The van der Waals surface area contributed by atoms with Crippen molar-refractivity contribution in [3.8, 4) is 23.0 Å². The smallest absolute Gasteiger partial charge is 0.425 e. The van der Waals surface area contributed by atoms with Gasteiger partial charge in [-0.1, -0.05) is 201 Å². The Kier molecular flexibility index (Phi) is 12.1. The van der Waals surface area contributed by atoms with Crippen molar-refractivity contribution in [2.75, 3.05) is 0 Å². The van der Waals surface area contributed by atoms with E-state index < -0.39 is 14.5 Å². The second-order valence-corrected chi connectivity index (χ2v) is 26.9. The van der Waals surface area contributed by atoms with Crippen LogP contribution in [0.4, 0.5) is 0 Å². The lowest BCUT2D eigenvalue weighted by Crippen LogP contribution is -2.24. The fourth-order valence-electron chi connectivity index (χ4n) is 8.80. The standard InChI is InChI=1S/C57H79O5P/c1-32-24-34(45-40-28-37(53(9,10)11)29-42(55(15,16)17)47(40)59-50(45)58)25-41(54(12,13)14)46(32)60-63-61-48-38(26-35(51(3,4)5)30-43(48)56(18,19)20)33(2)39-27-36(52(6,7)8)31-44(49(39)62-63)57(21,22)23/h24-31,33,45H,1-23H3. The van der Waals surface area contributed by atoms with Gasteiger partial charge in [0.15, 0.2) is 0 Å². The van der Waals surface area contributed by atoms with Crippen LogP contribution in [0.3, 0.4) is 0 Å². The molecule has 63 heavy (non-hydrogen) atoms. The Morgan fingerprint density at radius 3 is 1.19 bits per heavy atom. The lowest BCUT2D eigenvalue weighted by molar-refractivity contribution is -0.133. The number of esters is 1. The fourth-order valence-corrected chi connectivity index (χ4v) is 10.0. The van der Waals surface area contributed by atoms with Gasteiger partial charge < -0.3 is 18.3 Å². The second kappa shape index (κ2) is 15.7. The minimum absolute atomic E-state index is 0.0308. The third-order valence-electron chi connectivity index (χ3n) is 13.0. The first-order chi connectivity index (χ1) is 28.4. The summed E-state index contributed by atoms with van der Waals surface area (Å²) >= 11 is 0. The number of rotatable bonds is 3. The molecule has 0 saturated heterocycles. The molecule has 6 heteroatoms. The summed E-state index contributed by atoms with van der Waals surface area (Å²) in [6.07, 6.45) is 0. The van der Waals surface area contributed by atoms with Crippen LogP contribution in [0.2, 0.25) is 0 Å². The summed E-state index contributed by atoms with van der Waals surface area (Å²) in [5, 5.41) is 0. The van der Waals surface area contributed by atoms with Gasteiger partial charge in [0.1, 0.15) is 28.9 Å². The Bertz CT molecular complexity index is 2350. The Labute approximate surface area is 383 Å². The highest BCUT2D eigenvalue weighted by Crippen LogP contribution is 2.58. The van der Waals surface area contributed by atoms with Crippen LogP contribution in [0.1, 0.15) is 231 Å². The van der Waals surface area contributed by atoms with Crippen molar-refractivity contribution in [2.45, 2.75) is 209 Å². The van der Waals surface area contributed by atoms with Gasteiger partial charge in [-0.2, -0.15) is 0 Å². The molecule has 5 nitrogen and oxygen atoms in total. The van der Waals surface area contributed by atoms with E-state index in [1.54, 1.807) is 0 Å². The molecule has 0 aromatic heterocycles. The molecule has 4 aromatic rings. The van der Waals surface area contributed by atoms with E-state index in [2.05, 4.69) is 208 Å². The summed E-state index contributed by atoms with van der Waals surface area (Å²) < 4.78 is 28.2. The largest absolute Gasteiger partial charge is 0.530 e. The van der Waals surface area contributed by atoms with E-state index in [0.29, 0.717) is 11.5 Å². The topological polar surface area (TPSA) is 54.0 Å². The molecule has 0 amide bonds. The van der Waals surface area contributed by atoms with E-state index in [4.69, 9.17) is 18.3 Å². The summed E-state index contributed by atoms with van der Waals surface area (Å²) in [6.45, 7) is 51.5. The lowest BCUT2D eigenvalue weighted by Gasteiger charge is -2.36. The van der Waals surface area contributed by atoms with Crippen molar-refractivity contribution in [3.05, 3.63) is 115 Å². The molecule has 0 fully saturated rings. The molecule has 1 unspecified atom stereocenters. The summed E-state index contributed by atoms with van der Waals surface area (Å²) in [7, 11) is -2.06. The van der Waals surface area contributed by atoms with Gasteiger partial charge in [0.05, 0.1) is 0 Å². The molecule has 0 radical (unpaired) electrons. The van der Waals surface area contributed by atoms with Gasteiger partial charge in [0.2, 0.25) is 0 Å². The number of hydrogen-bond donors (Lipinski definition) is 0. The average Bonchev–Trinajstić information content (AvgIpc) is 3.43. The average molecular weight is 875 g/mol. The molecule has 0 spiro atoms. The van der Waals surface area contributed by atoms with E-state index >= 15 is 0 Å². The molecule has 4 aromatic carbocycles. The number of fused-ring (bicyclic) bond motifs is 3. The van der Waals surface area contributed by atoms with E-state index in [1.165, 1.54) is 16.7 Å². The highest BCUT2D eigenvalue weighted by atomic mass is 31.2. The lowest BCUT2D eigenvalue weighted by atomic mass is 9.74. The van der Waals surface area contributed by atoms with Crippen molar-refractivity contribution in [1.82, 2.24) is 0 Å². The third kappa shape index (κ3) is 9.62. The Balaban J connectivity index is 1.61. The molecule has 1 atom stereocenters. The summed E-state index contributed by atoms with van der Waals surface area (Å²) in [5.41, 5.74) is 11.7. The van der Waals surface area contributed by atoms with Crippen LogP contribution in [0.25, 0.3) is 0 Å². The highest BCUT2D eigenvalue weighted by Gasteiger charge is 2.43.